The number of esters is 1. The Morgan fingerprint density at radius 1 is 1.25 bits per heavy atom. The van der Waals surface area contributed by atoms with Gasteiger partial charge in [0.2, 0.25) is 0 Å². The minimum atomic E-state index is -3.33. The summed E-state index contributed by atoms with van der Waals surface area (Å²) in [6.45, 7) is 4.21. The van der Waals surface area contributed by atoms with Crippen LogP contribution in [0.25, 0.3) is 0 Å². The Labute approximate surface area is 120 Å². The molecule has 0 aliphatic carbocycles. The van der Waals surface area contributed by atoms with E-state index < -0.39 is 9.84 Å². The van der Waals surface area contributed by atoms with Crippen LogP contribution in [0.1, 0.15) is 20.3 Å². The van der Waals surface area contributed by atoms with Gasteiger partial charge in [-0.05, 0) is 18.6 Å². The molecule has 0 fully saturated rings. The second-order valence-electron chi connectivity index (χ2n) is 4.37. The molecular formula is C14H21NO4S. The summed E-state index contributed by atoms with van der Waals surface area (Å²) < 4.78 is 29.0. The Morgan fingerprint density at radius 2 is 1.90 bits per heavy atom. The van der Waals surface area contributed by atoms with Gasteiger partial charge in [0, 0.05) is 6.54 Å². The number of benzene rings is 1. The molecule has 112 valence electrons. The lowest BCUT2D eigenvalue weighted by molar-refractivity contribution is -0.138. The fourth-order valence-electron chi connectivity index (χ4n) is 1.91. The van der Waals surface area contributed by atoms with Gasteiger partial charge in [0.25, 0.3) is 0 Å². The van der Waals surface area contributed by atoms with E-state index in [0.717, 1.165) is 6.42 Å². The normalized spacial score (nSPS) is 11.2. The van der Waals surface area contributed by atoms with Crippen LogP contribution in [0.15, 0.2) is 29.2 Å². The molecule has 1 aromatic rings. The Hall–Kier alpha value is -1.56. The van der Waals surface area contributed by atoms with E-state index in [2.05, 4.69) is 4.74 Å². The van der Waals surface area contributed by atoms with Gasteiger partial charge in [-0.1, -0.05) is 26.0 Å². The highest BCUT2D eigenvalue weighted by atomic mass is 32.2. The van der Waals surface area contributed by atoms with Crippen molar-refractivity contribution in [2.75, 3.05) is 30.9 Å². The maximum atomic E-state index is 12.1. The summed E-state index contributed by atoms with van der Waals surface area (Å²) in [4.78, 5) is 13.5. The van der Waals surface area contributed by atoms with Crippen LogP contribution in [0.3, 0.4) is 0 Å². The van der Waals surface area contributed by atoms with Gasteiger partial charge in [-0.25, -0.2) is 8.42 Å². The molecule has 0 aromatic heterocycles. The monoisotopic (exact) mass is 299 g/mol. The van der Waals surface area contributed by atoms with E-state index >= 15 is 0 Å². The van der Waals surface area contributed by atoms with Gasteiger partial charge in [0.05, 0.1) is 23.4 Å². The number of para-hydroxylation sites is 1. The van der Waals surface area contributed by atoms with E-state index in [0.29, 0.717) is 12.2 Å². The van der Waals surface area contributed by atoms with Gasteiger partial charge in [-0.15, -0.1) is 0 Å². The molecule has 0 aliphatic heterocycles. The van der Waals surface area contributed by atoms with Crippen molar-refractivity contribution in [3.8, 4) is 0 Å². The lowest BCUT2D eigenvalue weighted by Gasteiger charge is -2.25. The summed E-state index contributed by atoms with van der Waals surface area (Å²) in [5.74, 6) is -0.357. The zero-order chi connectivity index (χ0) is 15.2. The minimum absolute atomic E-state index is 0.0300. The van der Waals surface area contributed by atoms with Crippen LogP contribution in [0.5, 0.6) is 0 Å². The van der Waals surface area contributed by atoms with Crippen LogP contribution in [-0.4, -0.2) is 40.3 Å². The first-order valence-electron chi connectivity index (χ1n) is 6.59. The Bertz CT molecular complexity index is 554. The number of carbonyl (C=O) groups is 1. The summed E-state index contributed by atoms with van der Waals surface area (Å²) >= 11 is 0. The molecule has 0 radical (unpaired) electrons. The summed E-state index contributed by atoms with van der Waals surface area (Å²) in [6, 6.07) is 6.76. The molecule has 0 amide bonds. The highest BCUT2D eigenvalue weighted by Crippen LogP contribution is 2.26. The first-order chi connectivity index (χ1) is 9.46. The molecule has 0 bridgehead atoms. The number of methoxy groups -OCH3 is 1. The number of rotatable bonds is 7. The van der Waals surface area contributed by atoms with Gasteiger partial charge >= 0.3 is 5.97 Å². The van der Waals surface area contributed by atoms with E-state index in [4.69, 9.17) is 0 Å². The van der Waals surface area contributed by atoms with Crippen molar-refractivity contribution < 1.29 is 17.9 Å². The first kappa shape index (κ1) is 16.5. The van der Waals surface area contributed by atoms with Crippen molar-refractivity contribution in [1.82, 2.24) is 0 Å². The van der Waals surface area contributed by atoms with Crippen LogP contribution in [0, 0.1) is 0 Å². The maximum absolute atomic E-state index is 12.1. The van der Waals surface area contributed by atoms with Crippen molar-refractivity contribution in [3.05, 3.63) is 24.3 Å². The number of carbonyl (C=O) groups excluding carboxylic acids is 1. The van der Waals surface area contributed by atoms with E-state index in [-0.39, 0.29) is 23.2 Å². The van der Waals surface area contributed by atoms with E-state index in [1.807, 2.05) is 6.92 Å². The number of sulfone groups is 1. The molecule has 20 heavy (non-hydrogen) atoms. The van der Waals surface area contributed by atoms with Crippen LogP contribution in [0.4, 0.5) is 5.69 Å². The first-order valence-corrected chi connectivity index (χ1v) is 8.25. The fraction of sp³-hybridized carbons (Fsp3) is 0.500. The van der Waals surface area contributed by atoms with Crippen molar-refractivity contribution in [2.45, 2.75) is 25.2 Å². The molecule has 0 atom stereocenters. The average molecular weight is 299 g/mol. The predicted molar refractivity (Wildman–Crippen MR) is 78.7 cm³/mol. The van der Waals surface area contributed by atoms with Crippen LogP contribution >= 0.6 is 0 Å². The van der Waals surface area contributed by atoms with Crippen molar-refractivity contribution in [3.63, 3.8) is 0 Å². The lowest BCUT2D eigenvalue weighted by Crippen LogP contribution is -2.32. The third-order valence-corrected chi connectivity index (χ3v) is 4.74. The molecule has 0 heterocycles. The number of hydrogen-bond donors (Lipinski definition) is 0. The van der Waals surface area contributed by atoms with Crippen molar-refractivity contribution >= 4 is 21.5 Å². The van der Waals surface area contributed by atoms with Crippen LogP contribution in [-0.2, 0) is 19.4 Å². The summed E-state index contributed by atoms with van der Waals surface area (Å²) in [5.41, 5.74) is 0.557. The molecule has 0 unspecified atom stereocenters. The molecule has 5 nitrogen and oxygen atoms in total. The molecule has 0 saturated carbocycles. The van der Waals surface area contributed by atoms with Crippen LogP contribution < -0.4 is 4.90 Å². The SMILES string of the molecule is CCCN(CC(=O)OC)c1ccccc1S(=O)(=O)CC. The lowest BCUT2D eigenvalue weighted by atomic mass is 10.2. The standard InChI is InChI=1S/C14H21NO4S/c1-4-10-15(11-14(16)19-3)12-8-6-7-9-13(12)20(17,18)5-2/h6-9H,4-5,10-11H2,1-3H3. The summed E-state index contributed by atoms with van der Waals surface area (Å²) in [7, 11) is -2.01. The average Bonchev–Trinajstić information content (AvgIpc) is 2.46. The van der Waals surface area contributed by atoms with E-state index in [9.17, 15) is 13.2 Å². The Morgan fingerprint density at radius 3 is 2.45 bits per heavy atom. The molecule has 0 spiro atoms. The third-order valence-electron chi connectivity index (χ3n) is 2.96. The van der Waals surface area contributed by atoms with E-state index in [1.54, 1.807) is 36.1 Å². The zero-order valence-electron chi connectivity index (χ0n) is 12.1. The molecule has 1 rings (SSSR count). The largest absolute Gasteiger partial charge is 0.468 e. The molecule has 1 aromatic carbocycles. The zero-order valence-corrected chi connectivity index (χ0v) is 12.9. The van der Waals surface area contributed by atoms with Crippen molar-refractivity contribution in [1.29, 1.82) is 0 Å². The molecule has 0 saturated heterocycles. The number of anilines is 1. The summed E-state index contributed by atoms with van der Waals surface area (Å²) in [5, 5.41) is 0. The second-order valence-corrected chi connectivity index (χ2v) is 6.62. The minimum Gasteiger partial charge on any atom is -0.468 e. The third kappa shape index (κ3) is 3.96. The van der Waals surface area contributed by atoms with Gasteiger partial charge in [-0.3, -0.25) is 4.79 Å². The Kier molecular flexibility index (Phi) is 6.01. The highest BCUT2D eigenvalue weighted by Gasteiger charge is 2.21. The van der Waals surface area contributed by atoms with Gasteiger partial charge in [0.15, 0.2) is 9.84 Å². The number of ether oxygens (including phenoxy) is 1. The van der Waals surface area contributed by atoms with E-state index in [1.165, 1.54) is 7.11 Å². The topological polar surface area (TPSA) is 63.7 Å². The highest BCUT2D eigenvalue weighted by molar-refractivity contribution is 7.91. The number of nitrogens with zero attached hydrogens (tertiary/aromatic N) is 1. The van der Waals surface area contributed by atoms with Gasteiger partial charge < -0.3 is 9.64 Å². The second kappa shape index (κ2) is 7.28. The smallest absolute Gasteiger partial charge is 0.325 e. The number of hydrogen-bond acceptors (Lipinski definition) is 5. The maximum Gasteiger partial charge on any atom is 0.325 e. The van der Waals surface area contributed by atoms with Crippen LogP contribution in [0.2, 0.25) is 0 Å². The van der Waals surface area contributed by atoms with Gasteiger partial charge in [0.1, 0.15) is 6.54 Å². The fourth-order valence-corrected chi connectivity index (χ4v) is 3.02. The summed E-state index contributed by atoms with van der Waals surface area (Å²) in [6.07, 6.45) is 0.803. The molecule has 0 aliphatic rings. The quantitative estimate of drug-likeness (QED) is 0.719. The predicted octanol–water partition coefficient (Wildman–Crippen LogP) is 1.87. The molecular weight excluding hydrogens is 278 g/mol. The molecule has 6 heteroatoms. The Balaban J connectivity index is 3.23. The van der Waals surface area contributed by atoms with Crippen molar-refractivity contribution in [2.24, 2.45) is 0 Å². The molecule has 0 N–H and O–H groups in total. The van der Waals surface area contributed by atoms with Gasteiger partial charge in [-0.2, -0.15) is 0 Å².